The molecule has 0 aliphatic carbocycles. The number of hydrogen-bond acceptors (Lipinski definition) is 6. The number of nitrogens with one attached hydrogen (secondary N) is 6. The van der Waals surface area contributed by atoms with Crippen LogP contribution in [-0.2, 0) is 19.2 Å². The van der Waals surface area contributed by atoms with E-state index in [4.69, 9.17) is 9.97 Å². The zero-order valence-electron chi connectivity index (χ0n) is 89.8. The highest BCUT2D eigenvalue weighted by atomic mass is 16.2. The second kappa shape index (κ2) is 70.9. The van der Waals surface area contributed by atoms with Crippen LogP contribution in [0.1, 0.15) is 535 Å². The Morgan fingerprint density at radius 3 is 0.521 bits per heavy atom. The third-order valence-electron chi connectivity index (χ3n) is 30.3. The largest absolute Gasteiger partial charge is 0.356 e. The average molecular weight is 1910 g/mol. The summed E-state index contributed by atoms with van der Waals surface area (Å²) < 4.78 is 0. The molecule has 9 rings (SSSR count). The molecule has 2 aliphatic heterocycles. The number of aromatic nitrogens is 4. The lowest BCUT2D eigenvalue weighted by Crippen LogP contribution is -2.28. The first kappa shape index (κ1) is 115. The first-order valence-corrected chi connectivity index (χ1v) is 58.5. The van der Waals surface area contributed by atoms with Crippen LogP contribution in [0.2, 0.25) is 0 Å². The lowest BCUT2D eigenvalue weighted by atomic mass is 9.94. The van der Waals surface area contributed by atoms with Gasteiger partial charge < -0.3 is 31.2 Å². The van der Waals surface area contributed by atoms with Gasteiger partial charge in [0.1, 0.15) is 0 Å². The summed E-state index contributed by atoms with van der Waals surface area (Å²) in [6.07, 6.45) is 92.1. The minimum Gasteiger partial charge on any atom is -0.356 e. The van der Waals surface area contributed by atoms with E-state index < -0.39 is 23.7 Å². The van der Waals surface area contributed by atoms with E-state index in [0.717, 1.165) is 163 Å². The molecule has 0 radical (unpaired) electrons. The minimum absolute atomic E-state index is 0.0160. The standard InChI is InChI=1S/C128H194N8O4/c1-9-13-17-21-25-29-33-37-41-45-49-53-57-61-65-69-93-129-125(137)101(5)105-77-73-81-109(97-105)121-113-85-87-115(133-113)122(110-82-74-78-106(98-110)102(6)126(138)130-94-70-66-62-58-54-50-46-42-38-34-30-26-22-18-14-10-2)117-89-91-119(135-117)124(112-84-76-80-108(100-112)104(8)128(140)132-96-72-68-64-60-56-52-48-44-40-36-32-28-24-20-16-12-4)120-92-90-118(136-120)123(116-88-86-114(121)134-116)111-83-75-79-107(99-111)103(7)127(139)131-95-71-67-63-59-55-51-47-43-39-35-31-27-23-19-15-11-3/h73-92,97-104,133,136H,9-72,93-96H2,1-8H3,(H,129,137)(H,130,138)(H,131,139)(H,132,140)/t101-,102-,103-,104-/m1/s1. The van der Waals surface area contributed by atoms with Crippen molar-refractivity contribution in [2.45, 2.75) is 490 Å². The quantitative estimate of drug-likeness (QED) is 0.0207. The Hall–Kier alpha value is -8.64. The monoisotopic (exact) mass is 1910 g/mol. The molecule has 2 aliphatic rings. The van der Waals surface area contributed by atoms with E-state index in [1.54, 1.807) is 0 Å². The van der Waals surface area contributed by atoms with E-state index in [-0.39, 0.29) is 23.6 Å². The van der Waals surface area contributed by atoms with Crippen LogP contribution in [0.15, 0.2) is 121 Å². The molecular weight excluding hydrogens is 1710 g/mol. The Balaban J connectivity index is 1.01. The maximum absolute atomic E-state index is 14.4. The van der Waals surface area contributed by atoms with Crippen LogP contribution < -0.4 is 21.3 Å². The average Bonchev–Trinajstić information content (AvgIpc) is 1.61. The summed E-state index contributed by atoms with van der Waals surface area (Å²) >= 11 is 0. The fraction of sp³-hybridized carbons (Fsp3) is 0.625. The van der Waals surface area contributed by atoms with Crippen molar-refractivity contribution in [3.8, 4) is 44.5 Å². The molecule has 770 valence electrons. The molecule has 4 aromatic carbocycles. The van der Waals surface area contributed by atoms with E-state index in [2.05, 4.69) is 205 Å². The summed E-state index contributed by atoms with van der Waals surface area (Å²) in [5.74, 6) is -1.64. The SMILES string of the molecule is CCCCCCCCCCCCCCCCCCNC(=O)[C@H](C)c1cccc(-c2c3nc(c(-c4cccc([C@@H](C)C(=O)NCCCCCCCCCCCCCCCCCC)c4)c4ccc([nH]4)c(-c4cccc([C@@H](C)C(=O)NCCCCCCCCCCCCCCCCCC)c4)c4nc(c(-c5cccc([C@@H](C)C(=O)NCCCCCCCCCCCCCCCCCC)c5)c5ccc2[nH]5)C=C4)C=C3)c1. The van der Waals surface area contributed by atoms with Gasteiger partial charge in [0.15, 0.2) is 0 Å². The number of amides is 4. The van der Waals surface area contributed by atoms with Crippen molar-refractivity contribution in [3.05, 3.63) is 166 Å². The molecule has 12 nitrogen and oxygen atoms in total. The van der Waals surface area contributed by atoms with Gasteiger partial charge in [-0.05, 0) is 146 Å². The van der Waals surface area contributed by atoms with Gasteiger partial charge in [-0.25, -0.2) is 9.97 Å². The van der Waals surface area contributed by atoms with Crippen LogP contribution in [0.4, 0.5) is 0 Å². The molecule has 5 heterocycles. The number of carbonyl (C=O) groups is 4. The lowest BCUT2D eigenvalue weighted by molar-refractivity contribution is -0.123. The fourth-order valence-electron chi connectivity index (χ4n) is 21.0. The summed E-state index contributed by atoms with van der Waals surface area (Å²) in [4.78, 5) is 77.2. The molecule has 6 N–H and O–H groups in total. The summed E-state index contributed by atoms with van der Waals surface area (Å²) in [5.41, 5.74) is 17.0. The molecule has 0 saturated heterocycles. The van der Waals surface area contributed by atoms with Crippen molar-refractivity contribution in [1.82, 2.24) is 41.2 Å². The molecule has 140 heavy (non-hydrogen) atoms. The zero-order chi connectivity index (χ0) is 98.9. The number of benzene rings is 4. The predicted molar refractivity (Wildman–Crippen MR) is 604 cm³/mol. The Morgan fingerprint density at radius 1 is 0.214 bits per heavy atom. The Bertz CT molecular complexity index is 4260. The van der Waals surface area contributed by atoms with Crippen LogP contribution in [-0.4, -0.2) is 69.7 Å². The molecule has 12 heteroatoms. The highest BCUT2D eigenvalue weighted by molar-refractivity contribution is 6.01. The van der Waals surface area contributed by atoms with Gasteiger partial charge in [-0.3, -0.25) is 19.2 Å². The first-order valence-electron chi connectivity index (χ1n) is 58.5. The van der Waals surface area contributed by atoms with Gasteiger partial charge in [0.05, 0.1) is 46.4 Å². The topological polar surface area (TPSA) is 174 Å². The minimum atomic E-state index is -0.425. The molecule has 7 aromatic rings. The summed E-state index contributed by atoms with van der Waals surface area (Å²) in [7, 11) is 0. The second-order valence-corrected chi connectivity index (χ2v) is 42.3. The Labute approximate surface area is 852 Å². The highest BCUT2D eigenvalue weighted by Gasteiger charge is 2.26. The Kier molecular flexibility index (Phi) is 58.2. The number of unbranched alkanes of at least 4 members (excludes halogenated alkanes) is 60. The number of rotatable bonds is 80. The van der Waals surface area contributed by atoms with Crippen LogP contribution in [0.25, 0.3) is 90.9 Å². The molecule has 0 fully saturated rings. The predicted octanol–water partition coefficient (Wildman–Crippen LogP) is 37.2. The maximum atomic E-state index is 14.4. The highest BCUT2D eigenvalue weighted by Crippen LogP contribution is 2.42. The van der Waals surface area contributed by atoms with Gasteiger partial charge in [-0.15, -0.1) is 0 Å². The number of aromatic amines is 2. The van der Waals surface area contributed by atoms with E-state index >= 15 is 0 Å². The number of H-pyrrole nitrogens is 2. The summed E-state index contributed by atoms with van der Waals surface area (Å²) in [6.45, 7) is 19.9. The van der Waals surface area contributed by atoms with E-state index in [1.165, 1.54) is 360 Å². The molecule has 0 spiro atoms. The molecular formula is C128H194N8O4. The maximum Gasteiger partial charge on any atom is 0.227 e. The normalized spacial score (nSPS) is 12.7. The molecule has 4 amide bonds. The third kappa shape index (κ3) is 42.7. The molecule has 0 saturated carbocycles. The van der Waals surface area contributed by atoms with Crippen molar-refractivity contribution in [2.24, 2.45) is 0 Å². The van der Waals surface area contributed by atoms with Gasteiger partial charge in [-0.2, -0.15) is 0 Å². The van der Waals surface area contributed by atoms with Gasteiger partial charge in [-0.1, -0.05) is 510 Å². The van der Waals surface area contributed by atoms with Crippen molar-refractivity contribution < 1.29 is 19.2 Å². The van der Waals surface area contributed by atoms with Crippen molar-refractivity contribution in [3.63, 3.8) is 0 Å². The van der Waals surface area contributed by atoms with Crippen LogP contribution in [0, 0.1) is 0 Å². The van der Waals surface area contributed by atoms with Crippen molar-refractivity contribution in [1.29, 1.82) is 0 Å². The third-order valence-corrected chi connectivity index (χ3v) is 30.3. The molecule has 0 unspecified atom stereocenters. The first-order chi connectivity index (χ1) is 68.8. The molecule has 3 aromatic heterocycles. The van der Waals surface area contributed by atoms with Crippen LogP contribution in [0.3, 0.4) is 0 Å². The second-order valence-electron chi connectivity index (χ2n) is 42.3. The van der Waals surface area contributed by atoms with Gasteiger partial charge in [0.2, 0.25) is 23.6 Å². The smallest absolute Gasteiger partial charge is 0.227 e. The zero-order valence-corrected chi connectivity index (χ0v) is 89.8. The van der Waals surface area contributed by atoms with Gasteiger partial charge >= 0.3 is 0 Å². The summed E-state index contributed by atoms with van der Waals surface area (Å²) in [5, 5.41) is 13.4. The van der Waals surface area contributed by atoms with E-state index in [9.17, 15) is 19.2 Å². The van der Waals surface area contributed by atoms with Crippen molar-refractivity contribution in [2.75, 3.05) is 26.2 Å². The lowest BCUT2D eigenvalue weighted by Gasteiger charge is -2.15. The van der Waals surface area contributed by atoms with Crippen LogP contribution in [0.5, 0.6) is 0 Å². The molecule has 4 atom stereocenters. The number of nitrogens with zero attached hydrogens (tertiary/aromatic N) is 2. The van der Waals surface area contributed by atoms with Crippen LogP contribution >= 0.6 is 0 Å². The number of hydrogen-bond donors (Lipinski definition) is 6. The van der Waals surface area contributed by atoms with Crippen molar-refractivity contribution >= 4 is 70.0 Å². The Morgan fingerprint density at radius 2 is 0.364 bits per heavy atom. The number of carbonyl (C=O) groups excluding carboxylic acids is 4. The summed E-state index contributed by atoms with van der Waals surface area (Å²) in [6, 6.07) is 42.5. The van der Waals surface area contributed by atoms with E-state index in [1.807, 2.05) is 27.7 Å². The van der Waals surface area contributed by atoms with Gasteiger partial charge in [0, 0.05) is 70.5 Å². The van der Waals surface area contributed by atoms with E-state index in [0.29, 0.717) is 26.2 Å². The fourth-order valence-corrected chi connectivity index (χ4v) is 21.0. The van der Waals surface area contributed by atoms with Gasteiger partial charge in [0.25, 0.3) is 0 Å². The number of fused-ring (bicyclic) bond motifs is 8. The molecule has 8 bridgehead atoms.